The van der Waals surface area contributed by atoms with Crippen molar-refractivity contribution in [2.24, 2.45) is 5.18 Å². The average molecular weight is 333 g/mol. The first-order valence-corrected chi connectivity index (χ1v) is 8.00. The molecule has 0 aliphatic carbocycles. The number of hydrazine groups is 1. The van der Waals surface area contributed by atoms with E-state index in [1.54, 1.807) is 0 Å². The van der Waals surface area contributed by atoms with Crippen LogP contribution in [-0.2, 0) is 26.8 Å². The molecule has 0 spiro atoms. The summed E-state index contributed by atoms with van der Waals surface area (Å²) >= 11 is 0. The zero-order valence-electron chi connectivity index (χ0n) is 15.3. The molecule has 0 aromatic heterocycles. The molecule has 2 N–H and O–H groups in total. The molecular weight excluding hydrogens is 306 g/mol. The molecule has 132 valence electrons. The third-order valence-corrected chi connectivity index (χ3v) is 3.79. The predicted octanol–water partition coefficient (Wildman–Crippen LogP) is 3.39. The van der Waals surface area contributed by atoms with E-state index in [2.05, 4.69) is 16.0 Å². The molecule has 2 amide bonds. The van der Waals surface area contributed by atoms with Gasteiger partial charge in [0.2, 0.25) is 12.3 Å². The Bertz CT molecular complexity index is 590. The van der Waals surface area contributed by atoms with Crippen LogP contribution in [0.2, 0.25) is 0 Å². The smallest absolute Gasteiger partial charge is 0.238 e. The van der Waals surface area contributed by atoms with E-state index in [0.29, 0.717) is 18.5 Å². The number of hydrogen-bond donors (Lipinski definition) is 2. The normalized spacial score (nSPS) is 11.8. The summed E-state index contributed by atoms with van der Waals surface area (Å²) < 4.78 is 0. The van der Waals surface area contributed by atoms with Gasteiger partial charge in [-0.15, -0.1) is 4.91 Å². The van der Waals surface area contributed by atoms with E-state index in [-0.39, 0.29) is 23.2 Å². The van der Waals surface area contributed by atoms with Crippen LogP contribution in [0.5, 0.6) is 0 Å². The maximum Gasteiger partial charge on any atom is 0.238 e. The van der Waals surface area contributed by atoms with Crippen molar-refractivity contribution in [3.05, 3.63) is 33.7 Å². The van der Waals surface area contributed by atoms with E-state index in [1.807, 2.05) is 53.7 Å². The number of amides is 2. The number of aryl methyl sites for hydroxylation is 1. The molecule has 0 atom stereocenters. The number of nitrogens with zero attached hydrogens (tertiary/aromatic N) is 1. The molecule has 1 rings (SSSR count). The fourth-order valence-corrected chi connectivity index (χ4v) is 2.51. The third kappa shape index (κ3) is 5.15. The Morgan fingerprint density at radius 1 is 1.08 bits per heavy atom. The largest absolute Gasteiger partial charge is 0.277 e. The predicted molar refractivity (Wildman–Crippen MR) is 95.0 cm³/mol. The number of hydrogen-bond acceptors (Lipinski definition) is 4. The number of benzene rings is 1. The van der Waals surface area contributed by atoms with E-state index in [1.165, 1.54) is 0 Å². The summed E-state index contributed by atoms with van der Waals surface area (Å²) in [5, 5.41) is 3.30. The summed E-state index contributed by atoms with van der Waals surface area (Å²) in [5.74, 6) is -0.269. The van der Waals surface area contributed by atoms with Crippen molar-refractivity contribution in [2.45, 2.75) is 65.2 Å². The summed E-state index contributed by atoms with van der Waals surface area (Å²) in [4.78, 5) is 33.3. The summed E-state index contributed by atoms with van der Waals surface area (Å²) in [6, 6.07) is 3.90. The van der Waals surface area contributed by atoms with Gasteiger partial charge >= 0.3 is 0 Å². The molecule has 24 heavy (non-hydrogen) atoms. The number of carbonyl (C=O) groups excluding carboxylic acids is 2. The molecule has 0 heterocycles. The minimum Gasteiger partial charge on any atom is -0.277 e. The topological polar surface area (TPSA) is 87.6 Å². The van der Waals surface area contributed by atoms with Gasteiger partial charge in [0.05, 0.1) is 0 Å². The van der Waals surface area contributed by atoms with Crippen LogP contribution in [-0.4, -0.2) is 12.3 Å². The highest BCUT2D eigenvalue weighted by atomic mass is 16.3. The zero-order chi connectivity index (χ0) is 18.5. The second-order valence-electron chi connectivity index (χ2n) is 7.94. The molecule has 0 saturated heterocycles. The van der Waals surface area contributed by atoms with E-state index < -0.39 is 0 Å². The van der Waals surface area contributed by atoms with E-state index in [0.717, 1.165) is 16.7 Å². The lowest BCUT2D eigenvalue weighted by Gasteiger charge is -2.28. The van der Waals surface area contributed by atoms with Crippen LogP contribution in [0.3, 0.4) is 0 Å². The van der Waals surface area contributed by atoms with Gasteiger partial charge in [0.15, 0.2) is 0 Å². The van der Waals surface area contributed by atoms with E-state index in [4.69, 9.17) is 0 Å². The van der Waals surface area contributed by atoms with Gasteiger partial charge in [-0.05, 0) is 39.1 Å². The van der Waals surface area contributed by atoms with Crippen molar-refractivity contribution in [2.75, 3.05) is 0 Å². The summed E-state index contributed by atoms with van der Waals surface area (Å²) in [6.45, 7) is 12.2. The van der Waals surface area contributed by atoms with Crippen LogP contribution in [0.25, 0.3) is 0 Å². The monoisotopic (exact) mass is 333 g/mol. The van der Waals surface area contributed by atoms with Gasteiger partial charge in [0.25, 0.3) is 0 Å². The van der Waals surface area contributed by atoms with E-state index in [9.17, 15) is 14.5 Å². The third-order valence-electron chi connectivity index (χ3n) is 3.79. The first-order chi connectivity index (χ1) is 11.0. The molecule has 0 aliphatic heterocycles. The molecule has 0 saturated carbocycles. The molecule has 6 nitrogen and oxygen atoms in total. The van der Waals surface area contributed by atoms with Gasteiger partial charge in [-0.3, -0.25) is 20.4 Å². The van der Waals surface area contributed by atoms with Gasteiger partial charge in [0, 0.05) is 6.42 Å². The fourth-order valence-electron chi connectivity index (χ4n) is 2.51. The van der Waals surface area contributed by atoms with Gasteiger partial charge < -0.3 is 0 Å². The standard InChI is InChI=1S/C18H27N3O3/c1-17(2,3)13-9-12(7-8-15(23)20-19-11-22)10-14(16(13)21-24)18(4,5)6/h9-11H,7-8H2,1-6H3,(H,19,22)(H,20,23). The second-order valence-corrected chi connectivity index (χ2v) is 7.94. The lowest BCUT2D eigenvalue weighted by molar-refractivity contribution is -0.124. The average Bonchev–Trinajstić information content (AvgIpc) is 2.48. The Morgan fingerprint density at radius 2 is 1.58 bits per heavy atom. The van der Waals surface area contributed by atoms with Crippen molar-refractivity contribution >= 4 is 18.0 Å². The summed E-state index contributed by atoms with van der Waals surface area (Å²) in [7, 11) is 0. The Balaban J connectivity index is 3.25. The molecular formula is C18H27N3O3. The fraction of sp³-hybridized carbons (Fsp3) is 0.556. The van der Waals surface area contributed by atoms with Crippen LogP contribution in [0.1, 0.15) is 64.7 Å². The van der Waals surface area contributed by atoms with Gasteiger partial charge in [-0.25, -0.2) is 0 Å². The Labute approximate surface area is 143 Å². The molecule has 6 heteroatoms. The van der Waals surface area contributed by atoms with Crippen LogP contribution in [0.15, 0.2) is 17.3 Å². The van der Waals surface area contributed by atoms with Gasteiger partial charge in [0.1, 0.15) is 5.69 Å². The van der Waals surface area contributed by atoms with Crippen LogP contribution in [0, 0.1) is 4.91 Å². The molecule has 0 aliphatic rings. The van der Waals surface area contributed by atoms with E-state index >= 15 is 0 Å². The Morgan fingerprint density at radius 3 is 1.96 bits per heavy atom. The lowest BCUT2D eigenvalue weighted by atomic mass is 9.77. The van der Waals surface area contributed by atoms with Crippen molar-refractivity contribution in [3.8, 4) is 0 Å². The second kappa shape index (κ2) is 7.55. The van der Waals surface area contributed by atoms with Crippen LogP contribution < -0.4 is 10.9 Å². The highest BCUT2D eigenvalue weighted by Gasteiger charge is 2.27. The first kappa shape index (κ1) is 19.8. The summed E-state index contributed by atoms with van der Waals surface area (Å²) in [6.07, 6.45) is 1.16. The van der Waals surface area contributed by atoms with Crippen LogP contribution >= 0.6 is 0 Å². The quantitative estimate of drug-likeness (QED) is 0.475. The zero-order valence-corrected chi connectivity index (χ0v) is 15.3. The van der Waals surface area contributed by atoms with Gasteiger partial charge in [-0.2, -0.15) is 0 Å². The summed E-state index contributed by atoms with van der Waals surface area (Å²) in [5.41, 5.74) is 7.18. The minimum atomic E-state index is -0.269. The van der Waals surface area contributed by atoms with Crippen molar-refractivity contribution in [1.29, 1.82) is 0 Å². The molecule has 0 unspecified atom stereocenters. The Hall–Kier alpha value is -2.24. The number of carbonyl (C=O) groups is 2. The maximum atomic E-state index is 11.7. The van der Waals surface area contributed by atoms with Crippen molar-refractivity contribution < 1.29 is 9.59 Å². The molecule has 0 radical (unpaired) electrons. The number of nitrogens with one attached hydrogen (secondary N) is 2. The Kier molecular flexibility index (Phi) is 6.23. The highest BCUT2D eigenvalue weighted by molar-refractivity contribution is 5.77. The molecule has 0 bridgehead atoms. The van der Waals surface area contributed by atoms with Crippen LogP contribution in [0.4, 0.5) is 5.69 Å². The van der Waals surface area contributed by atoms with Crippen molar-refractivity contribution in [3.63, 3.8) is 0 Å². The minimum absolute atomic E-state index is 0.236. The molecule has 0 fully saturated rings. The van der Waals surface area contributed by atoms with Crippen molar-refractivity contribution in [1.82, 2.24) is 10.9 Å². The first-order valence-electron chi connectivity index (χ1n) is 8.00. The lowest BCUT2D eigenvalue weighted by Crippen LogP contribution is -2.36. The maximum absolute atomic E-state index is 11.7. The SMILES string of the molecule is CC(C)(C)c1cc(CCC(=O)NNC=O)cc(C(C)(C)C)c1N=O. The molecule has 1 aromatic carbocycles. The van der Waals surface area contributed by atoms with Gasteiger partial charge in [-0.1, -0.05) is 53.7 Å². The highest BCUT2D eigenvalue weighted by Crippen LogP contribution is 2.40. The molecule has 1 aromatic rings. The number of nitroso groups, excluding NO2 is 1. The number of rotatable bonds is 6.